The second-order valence-electron chi connectivity index (χ2n) is 8.09. The van der Waals surface area contributed by atoms with Crippen LogP contribution in [0, 0.1) is 11.3 Å². The fourth-order valence-electron chi connectivity index (χ4n) is 3.60. The number of hydrogen-bond acceptors (Lipinski definition) is 9. The van der Waals surface area contributed by atoms with Crippen LogP contribution in [-0.4, -0.2) is 56.2 Å². The van der Waals surface area contributed by atoms with Gasteiger partial charge in [-0.25, -0.2) is 4.98 Å². The van der Waals surface area contributed by atoms with Crippen molar-refractivity contribution < 1.29 is 13.9 Å². The fourth-order valence-corrected chi connectivity index (χ4v) is 4.61. The smallest absolute Gasteiger partial charge is 0.259 e. The van der Waals surface area contributed by atoms with Crippen molar-refractivity contribution in [2.24, 2.45) is 5.73 Å². The van der Waals surface area contributed by atoms with Gasteiger partial charge in [0.2, 0.25) is 0 Å². The zero-order chi connectivity index (χ0) is 24.2. The number of thiophene rings is 1. The van der Waals surface area contributed by atoms with E-state index in [1.54, 1.807) is 12.1 Å². The minimum Gasteiger partial charge on any atom is -0.454 e. The third-order valence-electron chi connectivity index (χ3n) is 5.29. The van der Waals surface area contributed by atoms with Crippen molar-refractivity contribution in [3.63, 3.8) is 0 Å². The van der Waals surface area contributed by atoms with Crippen LogP contribution in [0.1, 0.15) is 21.7 Å². The van der Waals surface area contributed by atoms with E-state index in [0.29, 0.717) is 64.1 Å². The second-order valence-corrected chi connectivity index (χ2v) is 9.09. The third-order valence-corrected chi connectivity index (χ3v) is 6.40. The number of nitrogens with two attached hydrogens (primary N) is 2. The summed E-state index contributed by atoms with van der Waals surface area (Å²) in [5, 5.41) is 13.5. The topological polar surface area (TPSA) is 143 Å². The highest BCUT2D eigenvalue weighted by molar-refractivity contribution is 7.21. The Bertz CT molecular complexity index is 1340. The van der Waals surface area contributed by atoms with E-state index >= 15 is 0 Å². The number of nitrogen functional groups attached to an aromatic ring is 1. The summed E-state index contributed by atoms with van der Waals surface area (Å²) in [6, 6.07) is 11.2. The summed E-state index contributed by atoms with van der Waals surface area (Å²) in [5.74, 6) is 0.806. The molecule has 176 valence electrons. The molecule has 34 heavy (non-hydrogen) atoms. The summed E-state index contributed by atoms with van der Waals surface area (Å²) < 4.78 is 11.6. The van der Waals surface area contributed by atoms with Gasteiger partial charge in [0, 0.05) is 30.6 Å². The van der Waals surface area contributed by atoms with Gasteiger partial charge in [-0.1, -0.05) is 12.1 Å². The highest BCUT2D eigenvalue weighted by Crippen LogP contribution is 2.43. The number of likely N-dealkylation sites (N-methyl/N-ethyl adjacent to an activating group) is 1. The summed E-state index contributed by atoms with van der Waals surface area (Å²) in [6.45, 7) is 2.72. The average molecular weight is 479 g/mol. The summed E-state index contributed by atoms with van der Waals surface area (Å²) >= 11 is 1.15. The summed E-state index contributed by atoms with van der Waals surface area (Å²) in [4.78, 5) is 19.8. The summed E-state index contributed by atoms with van der Waals surface area (Å²) in [5.41, 5.74) is 14.0. The Labute approximate surface area is 201 Å². The van der Waals surface area contributed by atoms with Gasteiger partial charge in [0.15, 0.2) is 5.76 Å². The Morgan fingerprint density at radius 3 is 2.88 bits per heavy atom. The Morgan fingerprint density at radius 2 is 2.15 bits per heavy atom. The van der Waals surface area contributed by atoms with Crippen LogP contribution in [0.2, 0.25) is 0 Å². The van der Waals surface area contributed by atoms with Gasteiger partial charge in [-0.3, -0.25) is 4.79 Å². The molecule has 0 saturated carbocycles. The van der Waals surface area contributed by atoms with Crippen LogP contribution in [0.4, 0.5) is 11.5 Å². The van der Waals surface area contributed by atoms with Gasteiger partial charge in [0.25, 0.3) is 5.91 Å². The van der Waals surface area contributed by atoms with Crippen molar-refractivity contribution in [3.8, 4) is 28.7 Å². The highest BCUT2D eigenvalue weighted by Gasteiger charge is 2.25. The number of nitriles is 1. The fraction of sp³-hybridized carbons (Fsp3) is 0.292. The number of hydrogen-bond donors (Lipinski definition) is 3. The van der Waals surface area contributed by atoms with Crippen molar-refractivity contribution in [3.05, 3.63) is 40.8 Å². The van der Waals surface area contributed by atoms with Crippen molar-refractivity contribution in [1.82, 2.24) is 9.88 Å². The molecule has 1 aliphatic heterocycles. The van der Waals surface area contributed by atoms with Crippen LogP contribution in [-0.2, 0) is 4.74 Å². The number of carbonyl (C=O) groups excluding carboxylic acids is 1. The quantitative estimate of drug-likeness (QED) is 0.293. The Hall–Kier alpha value is -3.65. The molecule has 0 unspecified atom stereocenters. The molecule has 1 amide bonds. The van der Waals surface area contributed by atoms with Crippen LogP contribution in [0.25, 0.3) is 32.9 Å². The number of rotatable bonds is 10. The predicted octanol–water partition coefficient (Wildman–Crippen LogP) is 3.59. The van der Waals surface area contributed by atoms with Gasteiger partial charge in [-0.2, -0.15) is 5.26 Å². The molecule has 1 aliphatic carbocycles. The van der Waals surface area contributed by atoms with Crippen molar-refractivity contribution >= 4 is 39.0 Å². The molecule has 0 spiro atoms. The molecule has 2 aromatic rings. The lowest BCUT2D eigenvalue weighted by molar-refractivity contribution is 0.100. The average Bonchev–Trinajstić information content (AvgIpc) is 3.40. The van der Waals surface area contributed by atoms with Gasteiger partial charge in [0.05, 0.1) is 23.4 Å². The summed E-state index contributed by atoms with van der Waals surface area (Å²) in [6.07, 6.45) is 0.759. The zero-order valence-electron chi connectivity index (χ0n) is 19.1. The van der Waals surface area contributed by atoms with Crippen molar-refractivity contribution in [1.29, 1.82) is 5.26 Å². The number of nitrogens with one attached hydrogen (secondary N) is 1. The maximum atomic E-state index is 12.3. The van der Waals surface area contributed by atoms with Crippen molar-refractivity contribution in [2.75, 3.05) is 51.4 Å². The molecular formula is C24H26N6O3S. The normalized spacial score (nSPS) is 11.4. The number of nitrogens with zero attached hydrogens (tertiary/aromatic N) is 3. The first-order valence-electron chi connectivity index (χ1n) is 10.8. The van der Waals surface area contributed by atoms with E-state index in [4.69, 9.17) is 20.6 Å². The Kier molecular flexibility index (Phi) is 6.98. The monoisotopic (exact) mass is 478 g/mol. The van der Waals surface area contributed by atoms with E-state index < -0.39 is 5.91 Å². The predicted molar refractivity (Wildman–Crippen MR) is 134 cm³/mol. The van der Waals surface area contributed by atoms with E-state index in [2.05, 4.69) is 21.3 Å². The molecule has 9 nitrogen and oxygen atoms in total. The van der Waals surface area contributed by atoms with Gasteiger partial charge >= 0.3 is 0 Å². The minimum atomic E-state index is -0.613. The standard InChI is InChI=1S/C24H26N6O3S/c1-30(2)8-10-32-9-4-7-28-23-15(13-25)11-16-19(21(22(27)31)34-24(16)29-23)20-17(26)12-14-5-3-6-18(14)33-20/h3,5-6,11-12H,4,7-10,26H2,1-2H3,(H2,27,31)(H,28,29). The molecule has 10 heteroatoms. The number of ether oxygens (including phenoxy) is 1. The van der Waals surface area contributed by atoms with Gasteiger partial charge in [-0.15, -0.1) is 11.3 Å². The highest BCUT2D eigenvalue weighted by atomic mass is 32.1. The molecule has 2 aromatic heterocycles. The first kappa shape index (κ1) is 23.5. The third kappa shape index (κ3) is 4.82. The van der Waals surface area contributed by atoms with Gasteiger partial charge < -0.3 is 30.8 Å². The lowest BCUT2D eigenvalue weighted by atomic mass is 10.0. The summed E-state index contributed by atoms with van der Waals surface area (Å²) in [7, 11) is 4.00. The lowest BCUT2D eigenvalue weighted by Gasteiger charge is -2.11. The second kappa shape index (κ2) is 10.1. The molecule has 0 fully saturated rings. The van der Waals surface area contributed by atoms with E-state index in [1.165, 1.54) is 0 Å². The van der Waals surface area contributed by atoms with E-state index in [9.17, 15) is 10.1 Å². The van der Waals surface area contributed by atoms with Gasteiger partial charge in [-0.05, 0) is 38.7 Å². The molecule has 3 heterocycles. The SMILES string of the molecule is CN(C)CCOCCCNc1nc2sc(C(N)=O)c(-c3oc4cccc-4cc3N)c2cc1C#N. The van der Waals surface area contributed by atoms with Crippen molar-refractivity contribution in [2.45, 2.75) is 6.42 Å². The Morgan fingerprint density at radius 1 is 1.32 bits per heavy atom. The number of carbonyl (C=O) groups is 1. The van der Waals surface area contributed by atoms with Crippen LogP contribution in [0.15, 0.2) is 34.7 Å². The first-order valence-corrected chi connectivity index (χ1v) is 11.6. The maximum absolute atomic E-state index is 12.3. The molecule has 0 bridgehead atoms. The molecule has 2 aliphatic rings. The number of fused-ring (bicyclic) bond motifs is 2. The zero-order valence-corrected chi connectivity index (χ0v) is 19.9. The van der Waals surface area contributed by atoms with E-state index in [0.717, 1.165) is 29.9 Å². The van der Waals surface area contributed by atoms with E-state index in [-0.39, 0.29) is 4.88 Å². The molecule has 0 saturated heterocycles. The molecule has 0 atom stereocenters. The van der Waals surface area contributed by atoms with E-state index in [1.807, 2.05) is 32.3 Å². The molecule has 0 aromatic carbocycles. The maximum Gasteiger partial charge on any atom is 0.259 e. The van der Waals surface area contributed by atoms with Crippen LogP contribution in [0.5, 0.6) is 0 Å². The van der Waals surface area contributed by atoms with Crippen LogP contribution >= 0.6 is 11.3 Å². The number of pyridine rings is 1. The number of primary amides is 1. The molecule has 5 N–H and O–H groups in total. The lowest BCUT2D eigenvalue weighted by Crippen LogP contribution is -2.18. The number of amides is 1. The van der Waals surface area contributed by atoms with Crippen LogP contribution in [0.3, 0.4) is 0 Å². The molecule has 4 rings (SSSR count). The number of anilines is 2. The number of aromatic nitrogens is 1. The minimum absolute atomic E-state index is 0.277. The first-order chi connectivity index (χ1) is 16.4. The Balaban J connectivity index is 1.64. The van der Waals surface area contributed by atoms with Gasteiger partial charge in [0.1, 0.15) is 27.4 Å². The largest absolute Gasteiger partial charge is 0.454 e. The molecular weight excluding hydrogens is 452 g/mol. The van der Waals surface area contributed by atoms with Crippen LogP contribution < -0.4 is 16.8 Å². The molecule has 0 radical (unpaired) electrons.